The Morgan fingerprint density at radius 1 is 0.842 bits per heavy atom. The molecule has 100 valence electrons. The van der Waals surface area contributed by atoms with Gasteiger partial charge in [-0.1, -0.05) is 55.5 Å². The third-order valence-corrected chi connectivity index (χ3v) is 3.12. The van der Waals surface area contributed by atoms with Crippen molar-refractivity contribution in [2.45, 2.75) is 13.3 Å². The quantitative estimate of drug-likeness (QED) is 0.741. The smallest absolute Gasteiger partial charge is 0.0376 e. The molecule has 0 aliphatic heterocycles. The zero-order valence-electron chi connectivity index (χ0n) is 11.5. The predicted molar refractivity (Wildman–Crippen MR) is 82.7 cm³/mol. The SMILES string of the molecule is CCNCCNc1ccccc1Cc1ccccc1. The lowest BCUT2D eigenvalue weighted by Crippen LogP contribution is -2.21. The summed E-state index contributed by atoms with van der Waals surface area (Å²) in [4.78, 5) is 0. The van der Waals surface area contributed by atoms with E-state index in [0.717, 1.165) is 26.1 Å². The van der Waals surface area contributed by atoms with Crippen molar-refractivity contribution in [1.29, 1.82) is 0 Å². The Labute approximate surface area is 115 Å². The highest BCUT2D eigenvalue weighted by Gasteiger charge is 2.02. The number of likely N-dealkylation sites (N-methyl/N-ethyl adjacent to an activating group) is 1. The molecule has 0 unspecified atom stereocenters. The average Bonchev–Trinajstić information content (AvgIpc) is 2.46. The molecule has 0 saturated heterocycles. The molecule has 0 aliphatic carbocycles. The second-order valence-corrected chi connectivity index (χ2v) is 4.60. The summed E-state index contributed by atoms with van der Waals surface area (Å²) in [6, 6.07) is 19.1. The summed E-state index contributed by atoms with van der Waals surface area (Å²) < 4.78 is 0. The van der Waals surface area contributed by atoms with E-state index in [2.05, 4.69) is 72.2 Å². The summed E-state index contributed by atoms with van der Waals surface area (Å²) >= 11 is 0. The molecule has 2 N–H and O–H groups in total. The van der Waals surface area contributed by atoms with Gasteiger partial charge in [-0.15, -0.1) is 0 Å². The van der Waals surface area contributed by atoms with Crippen LogP contribution in [0.4, 0.5) is 5.69 Å². The van der Waals surface area contributed by atoms with Crippen molar-refractivity contribution >= 4 is 5.69 Å². The van der Waals surface area contributed by atoms with Crippen molar-refractivity contribution in [2.24, 2.45) is 0 Å². The van der Waals surface area contributed by atoms with E-state index in [1.54, 1.807) is 0 Å². The normalized spacial score (nSPS) is 10.4. The van der Waals surface area contributed by atoms with Crippen LogP contribution < -0.4 is 10.6 Å². The van der Waals surface area contributed by atoms with Gasteiger partial charge in [0.1, 0.15) is 0 Å². The molecule has 0 fully saturated rings. The molecule has 0 spiro atoms. The van der Waals surface area contributed by atoms with Gasteiger partial charge in [0.05, 0.1) is 0 Å². The first-order valence-corrected chi connectivity index (χ1v) is 6.96. The second-order valence-electron chi connectivity index (χ2n) is 4.60. The minimum atomic E-state index is 0.958. The summed E-state index contributed by atoms with van der Waals surface area (Å²) in [7, 11) is 0. The van der Waals surface area contributed by atoms with Gasteiger partial charge < -0.3 is 10.6 Å². The molecular formula is C17H22N2. The van der Waals surface area contributed by atoms with Crippen LogP contribution in [0.3, 0.4) is 0 Å². The van der Waals surface area contributed by atoms with Gasteiger partial charge in [0.2, 0.25) is 0 Å². The maximum Gasteiger partial charge on any atom is 0.0376 e. The van der Waals surface area contributed by atoms with Crippen LogP contribution >= 0.6 is 0 Å². The molecule has 0 bridgehead atoms. The number of nitrogens with one attached hydrogen (secondary N) is 2. The maximum absolute atomic E-state index is 3.51. The molecule has 19 heavy (non-hydrogen) atoms. The zero-order chi connectivity index (χ0) is 13.3. The molecule has 0 atom stereocenters. The first-order valence-electron chi connectivity index (χ1n) is 6.96. The molecule has 0 heterocycles. The minimum Gasteiger partial charge on any atom is -0.384 e. The zero-order valence-corrected chi connectivity index (χ0v) is 11.5. The van der Waals surface area contributed by atoms with Crippen LogP contribution in [0.5, 0.6) is 0 Å². The molecule has 0 amide bonds. The summed E-state index contributed by atoms with van der Waals surface area (Å²) in [5, 5.41) is 6.83. The number of hydrogen-bond donors (Lipinski definition) is 2. The molecule has 0 aliphatic rings. The monoisotopic (exact) mass is 254 g/mol. The van der Waals surface area contributed by atoms with Gasteiger partial charge in [0.15, 0.2) is 0 Å². The second kappa shape index (κ2) is 7.59. The van der Waals surface area contributed by atoms with Crippen molar-refractivity contribution in [1.82, 2.24) is 5.32 Å². The molecular weight excluding hydrogens is 232 g/mol. The Morgan fingerprint density at radius 3 is 2.37 bits per heavy atom. The van der Waals surface area contributed by atoms with Crippen molar-refractivity contribution in [3.8, 4) is 0 Å². The Bertz CT molecular complexity index is 480. The van der Waals surface area contributed by atoms with Gasteiger partial charge in [0.25, 0.3) is 0 Å². The Morgan fingerprint density at radius 2 is 1.58 bits per heavy atom. The van der Waals surface area contributed by atoms with E-state index >= 15 is 0 Å². The van der Waals surface area contributed by atoms with Gasteiger partial charge in [-0.25, -0.2) is 0 Å². The van der Waals surface area contributed by atoms with Crippen LogP contribution in [0.1, 0.15) is 18.1 Å². The van der Waals surface area contributed by atoms with Crippen LogP contribution in [-0.2, 0) is 6.42 Å². The number of para-hydroxylation sites is 1. The highest BCUT2D eigenvalue weighted by atomic mass is 14.9. The number of rotatable bonds is 7. The van der Waals surface area contributed by atoms with E-state index in [1.165, 1.54) is 16.8 Å². The first-order chi connectivity index (χ1) is 9.40. The van der Waals surface area contributed by atoms with Crippen molar-refractivity contribution < 1.29 is 0 Å². The summed E-state index contributed by atoms with van der Waals surface area (Å²) in [5.74, 6) is 0. The van der Waals surface area contributed by atoms with E-state index in [1.807, 2.05) is 0 Å². The lowest BCUT2D eigenvalue weighted by molar-refractivity contribution is 0.738. The lowest BCUT2D eigenvalue weighted by Gasteiger charge is -2.12. The van der Waals surface area contributed by atoms with Crippen LogP contribution in [0.2, 0.25) is 0 Å². The van der Waals surface area contributed by atoms with Gasteiger partial charge in [-0.3, -0.25) is 0 Å². The molecule has 2 aromatic rings. The largest absolute Gasteiger partial charge is 0.384 e. The van der Waals surface area contributed by atoms with Crippen LogP contribution in [0.25, 0.3) is 0 Å². The van der Waals surface area contributed by atoms with E-state index in [9.17, 15) is 0 Å². The lowest BCUT2D eigenvalue weighted by atomic mass is 10.0. The minimum absolute atomic E-state index is 0.958. The molecule has 0 saturated carbocycles. The van der Waals surface area contributed by atoms with Crippen LogP contribution in [0.15, 0.2) is 54.6 Å². The van der Waals surface area contributed by atoms with E-state index in [4.69, 9.17) is 0 Å². The van der Waals surface area contributed by atoms with Gasteiger partial charge in [0, 0.05) is 18.8 Å². The molecule has 0 radical (unpaired) electrons. The molecule has 2 heteroatoms. The maximum atomic E-state index is 3.51. The third-order valence-electron chi connectivity index (χ3n) is 3.12. The average molecular weight is 254 g/mol. The number of benzene rings is 2. The van der Waals surface area contributed by atoms with Gasteiger partial charge in [-0.05, 0) is 30.2 Å². The Hall–Kier alpha value is -1.80. The topological polar surface area (TPSA) is 24.1 Å². The molecule has 2 nitrogen and oxygen atoms in total. The summed E-state index contributed by atoms with van der Waals surface area (Å²) in [5.41, 5.74) is 3.94. The van der Waals surface area contributed by atoms with E-state index < -0.39 is 0 Å². The van der Waals surface area contributed by atoms with Crippen molar-refractivity contribution in [2.75, 3.05) is 25.0 Å². The standard InChI is InChI=1S/C17H22N2/c1-2-18-12-13-19-17-11-7-6-10-16(17)14-15-8-4-3-5-9-15/h3-11,18-19H,2,12-14H2,1H3. The predicted octanol–water partition coefficient (Wildman–Crippen LogP) is 3.30. The summed E-state index contributed by atoms with van der Waals surface area (Å²) in [6.45, 7) is 5.10. The van der Waals surface area contributed by atoms with Gasteiger partial charge in [-0.2, -0.15) is 0 Å². The Balaban J connectivity index is 2.00. The Kier molecular flexibility index (Phi) is 5.45. The number of hydrogen-bond acceptors (Lipinski definition) is 2. The highest BCUT2D eigenvalue weighted by molar-refractivity contribution is 5.52. The fraction of sp³-hybridized carbons (Fsp3) is 0.294. The molecule has 0 aromatic heterocycles. The van der Waals surface area contributed by atoms with E-state index in [-0.39, 0.29) is 0 Å². The van der Waals surface area contributed by atoms with Crippen molar-refractivity contribution in [3.05, 3.63) is 65.7 Å². The van der Waals surface area contributed by atoms with Crippen LogP contribution in [-0.4, -0.2) is 19.6 Å². The van der Waals surface area contributed by atoms with Crippen LogP contribution in [0, 0.1) is 0 Å². The van der Waals surface area contributed by atoms with E-state index in [0.29, 0.717) is 0 Å². The van der Waals surface area contributed by atoms with Gasteiger partial charge >= 0.3 is 0 Å². The fourth-order valence-electron chi connectivity index (χ4n) is 2.13. The molecule has 2 rings (SSSR count). The number of anilines is 1. The van der Waals surface area contributed by atoms with Crippen molar-refractivity contribution in [3.63, 3.8) is 0 Å². The molecule has 2 aromatic carbocycles. The fourth-order valence-corrected chi connectivity index (χ4v) is 2.13. The third kappa shape index (κ3) is 4.42. The first kappa shape index (κ1) is 13.6. The summed E-state index contributed by atoms with van der Waals surface area (Å²) in [6.07, 6.45) is 0.977. The highest BCUT2D eigenvalue weighted by Crippen LogP contribution is 2.18.